The van der Waals surface area contributed by atoms with Crippen LogP contribution in [0.2, 0.25) is 0 Å². The van der Waals surface area contributed by atoms with Gasteiger partial charge < -0.3 is 10.4 Å². The quantitative estimate of drug-likeness (QED) is 0.771. The van der Waals surface area contributed by atoms with E-state index in [0.29, 0.717) is 16.9 Å². The average Bonchev–Trinajstić information content (AvgIpc) is 2.86. The van der Waals surface area contributed by atoms with E-state index in [1.165, 1.54) is 12.8 Å². The van der Waals surface area contributed by atoms with Crippen LogP contribution in [0.15, 0.2) is 23.1 Å². The molecule has 2 N–H and O–H groups in total. The number of thioether (sulfide) groups is 2. The van der Waals surface area contributed by atoms with Crippen LogP contribution in [0.1, 0.15) is 36.5 Å². The van der Waals surface area contributed by atoms with Crippen LogP contribution in [0.25, 0.3) is 0 Å². The Labute approximate surface area is 128 Å². The zero-order chi connectivity index (χ0) is 14.5. The molecule has 0 aromatic heterocycles. The van der Waals surface area contributed by atoms with Crippen LogP contribution in [-0.2, 0) is 0 Å². The van der Waals surface area contributed by atoms with E-state index >= 15 is 0 Å². The SMILES string of the molecule is CCSc1cccc(NC2CCCC2SC)c1C(=O)O. The lowest BCUT2D eigenvalue weighted by Crippen LogP contribution is -2.26. The standard InChI is InChI=1S/C15H21NO2S2/c1-3-20-13-9-5-7-11(14(13)15(17)18)16-10-6-4-8-12(10)19-2/h5,7,9-10,12,16H,3-4,6,8H2,1-2H3,(H,17,18). The molecular weight excluding hydrogens is 290 g/mol. The third kappa shape index (κ3) is 3.44. The molecule has 0 saturated heterocycles. The molecule has 110 valence electrons. The maximum Gasteiger partial charge on any atom is 0.338 e. The van der Waals surface area contributed by atoms with Gasteiger partial charge in [-0.3, -0.25) is 0 Å². The summed E-state index contributed by atoms with van der Waals surface area (Å²) in [6, 6.07) is 6.10. The highest BCUT2D eigenvalue weighted by Gasteiger charge is 2.27. The molecule has 1 fully saturated rings. The Kier molecular flexibility index (Phi) is 5.66. The Morgan fingerprint density at radius 3 is 2.90 bits per heavy atom. The van der Waals surface area contributed by atoms with Gasteiger partial charge in [-0.2, -0.15) is 11.8 Å². The molecule has 1 aromatic carbocycles. The van der Waals surface area contributed by atoms with Crippen molar-refractivity contribution in [1.29, 1.82) is 0 Å². The second-order valence-electron chi connectivity index (χ2n) is 4.87. The van der Waals surface area contributed by atoms with Crippen molar-refractivity contribution < 1.29 is 9.90 Å². The van der Waals surface area contributed by atoms with Crippen LogP contribution >= 0.6 is 23.5 Å². The Bertz CT molecular complexity index is 479. The van der Waals surface area contributed by atoms with Gasteiger partial charge >= 0.3 is 5.97 Å². The summed E-state index contributed by atoms with van der Waals surface area (Å²) in [5.74, 6) is 0.0309. The summed E-state index contributed by atoms with van der Waals surface area (Å²) in [5.41, 5.74) is 1.19. The smallest absolute Gasteiger partial charge is 0.338 e. The molecule has 1 aliphatic rings. The predicted octanol–water partition coefficient (Wildman–Crippen LogP) is 4.19. The molecule has 20 heavy (non-hydrogen) atoms. The van der Waals surface area contributed by atoms with E-state index in [-0.39, 0.29) is 0 Å². The van der Waals surface area contributed by atoms with Gasteiger partial charge in [0, 0.05) is 16.2 Å². The van der Waals surface area contributed by atoms with Gasteiger partial charge in [-0.25, -0.2) is 4.79 Å². The van der Waals surface area contributed by atoms with Crippen LogP contribution in [0.5, 0.6) is 0 Å². The summed E-state index contributed by atoms with van der Waals surface area (Å²) in [6.45, 7) is 2.04. The van der Waals surface area contributed by atoms with Gasteiger partial charge in [0.1, 0.15) is 0 Å². The number of benzene rings is 1. The topological polar surface area (TPSA) is 49.3 Å². The first-order valence-electron chi connectivity index (χ1n) is 6.95. The Morgan fingerprint density at radius 1 is 1.45 bits per heavy atom. The minimum atomic E-state index is -0.845. The van der Waals surface area contributed by atoms with Crippen molar-refractivity contribution in [2.24, 2.45) is 0 Å². The van der Waals surface area contributed by atoms with E-state index in [0.717, 1.165) is 22.8 Å². The molecule has 5 heteroatoms. The van der Waals surface area contributed by atoms with Crippen molar-refractivity contribution in [2.45, 2.75) is 42.4 Å². The van der Waals surface area contributed by atoms with E-state index in [2.05, 4.69) is 11.6 Å². The monoisotopic (exact) mass is 311 g/mol. The maximum absolute atomic E-state index is 11.6. The third-order valence-electron chi connectivity index (χ3n) is 3.64. The van der Waals surface area contributed by atoms with Crippen molar-refractivity contribution in [2.75, 3.05) is 17.3 Å². The number of aromatic carboxylic acids is 1. The van der Waals surface area contributed by atoms with E-state index in [1.54, 1.807) is 11.8 Å². The van der Waals surface area contributed by atoms with Crippen molar-refractivity contribution >= 4 is 35.2 Å². The van der Waals surface area contributed by atoms with E-state index in [4.69, 9.17) is 0 Å². The van der Waals surface area contributed by atoms with Crippen molar-refractivity contribution in [3.63, 3.8) is 0 Å². The van der Waals surface area contributed by atoms with Gasteiger partial charge in [-0.15, -0.1) is 11.8 Å². The molecule has 2 unspecified atom stereocenters. The molecule has 2 rings (SSSR count). The van der Waals surface area contributed by atoms with E-state index in [1.807, 2.05) is 36.9 Å². The Hall–Kier alpha value is -0.810. The number of carbonyl (C=O) groups is 1. The van der Waals surface area contributed by atoms with Crippen LogP contribution in [-0.4, -0.2) is 34.4 Å². The van der Waals surface area contributed by atoms with Crippen molar-refractivity contribution in [3.05, 3.63) is 23.8 Å². The highest BCUT2D eigenvalue weighted by molar-refractivity contribution is 7.99. The molecule has 0 amide bonds. The zero-order valence-corrected chi connectivity index (χ0v) is 13.5. The normalized spacial score (nSPS) is 21.9. The number of hydrogen-bond acceptors (Lipinski definition) is 4. The summed E-state index contributed by atoms with van der Waals surface area (Å²) >= 11 is 3.46. The number of rotatable bonds is 6. The van der Waals surface area contributed by atoms with Crippen molar-refractivity contribution in [3.8, 4) is 0 Å². The molecule has 0 radical (unpaired) electrons. The predicted molar refractivity (Wildman–Crippen MR) is 88.4 cm³/mol. The zero-order valence-electron chi connectivity index (χ0n) is 11.9. The summed E-state index contributed by atoms with van der Waals surface area (Å²) in [7, 11) is 0. The molecule has 1 aliphatic carbocycles. The number of carboxylic acids is 1. The van der Waals surface area contributed by atoms with Gasteiger partial charge in [0.25, 0.3) is 0 Å². The van der Waals surface area contributed by atoms with Crippen LogP contribution in [0.3, 0.4) is 0 Å². The summed E-state index contributed by atoms with van der Waals surface area (Å²) in [4.78, 5) is 12.4. The summed E-state index contributed by atoms with van der Waals surface area (Å²) in [6.07, 6.45) is 5.68. The lowest BCUT2D eigenvalue weighted by Gasteiger charge is -2.22. The maximum atomic E-state index is 11.6. The second-order valence-corrected chi connectivity index (χ2v) is 7.26. The number of hydrogen-bond donors (Lipinski definition) is 2. The summed E-state index contributed by atoms with van der Waals surface area (Å²) in [5, 5.41) is 13.6. The fraction of sp³-hybridized carbons (Fsp3) is 0.533. The molecule has 2 atom stereocenters. The molecular formula is C15H21NO2S2. The number of anilines is 1. The minimum absolute atomic E-state index is 0.380. The van der Waals surface area contributed by atoms with E-state index < -0.39 is 5.97 Å². The number of carboxylic acid groups (broad SMARTS) is 1. The van der Waals surface area contributed by atoms with Gasteiger partial charge in [-0.1, -0.05) is 19.4 Å². The molecule has 3 nitrogen and oxygen atoms in total. The van der Waals surface area contributed by atoms with Gasteiger partial charge in [0.2, 0.25) is 0 Å². The van der Waals surface area contributed by atoms with Gasteiger partial charge in [0.15, 0.2) is 0 Å². The first kappa shape index (κ1) is 15.6. The van der Waals surface area contributed by atoms with Crippen LogP contribution < -0.4 is 5.32 Å². The Morgan fingerprint density at radius 2 is 2.25 bits per heavy atom. The molecule has 0 bridgehead atoms. The third-order valence-corrected chi connectivity index (χ3v) is 5.75. The lowest BCUT2D eigenvalue weighted by molar-refractivity contribution is 0.0694. The highest BCUT2D eigenvalue weighted by Crippen LogP contribution is 2.34. The molecule has 0 aliphatic heterocycles. The molecule has 0 spiro atoms. The van der Waals surface area contributed by atoms with Crippen molar-refractivity contribution in [1.82, 2.24) is 0 Å². The van der Waals surface area contributed by atoms with Gasteiger partial charge in [0.05, 0.1) is 11.3 Å². The average molecular weight is 311 g/mol. The summed E-state index contributed by atoms with van der Waals surface area (Å²) < 4.78 is 0. The molecule has 0 heterocycles. The highest BCUT2D eigenvalue weighted by atomic mass is 32.2. The van der Waals surface area contributed by atoms with Gasteiger partial charge in [-0.05, 0) is 37.0 Å². The molecule has 1 saturated carbocycles. The Balaban J connectivity index is 2.26. The van der Waals surface area contributed by atoms with E-state index in [9.17, 15) is 9.90 Å². The minimum Gasteiger partial charge on any atom is -0.478 e. The number of nitrogens with one attached hydrogen (secondary N) is 1. The second kappa shape index (κ2) is 7.27. The first-order chi connectivity index (χ1) is 9.67. The van der Waals surface area contributed by atoms with Crippen LogP contribution in [0.4, 0.5) is 5.69 Å². The lowest BCUT2D eigenvalue weighted by atomic mass is 10.1. The fourth-order valence-corrected chi connectivity index (χ4v) is 4.48. The largest absolute Gasteiger partial charge is 0.478 e. The van der Waals surface area contributed by atoms with Crippen LogP contribution in [0, 0.1) is 0 Å². The fourth-order valence-electron chi connectivity index (χ4n) is 2.72. The molecule has 1 aromatic rings. The first-order valence-corrected chi connectivity index (χ1v) is 9.23.